The molecule has 0 N–H and O–H groups in total. The Kier molecular flexibility index (Phi) is 9.68. The highest BCUT2D eigenvalue weighted by Gasteiger charge is 2.22. The summed E-state index contributed by atoms with van der Waals surface area (Å²) >= 11 is 0. The van der Waals surface area contributed by atoms with E-state index < -0.39 is 34.7 Å². The van der Waals surface area contributed by atoms with Gasteiger partial charge in [-0.05, 0) is 80.5 Å². The fraction of sp³-hybridized carbons (Fsp3) is 0.276. The highest BCUT2D eigenvalue weighted by Crippen LogP contribution is 2.28. The first-order chi connectivity index (χ1) is 17.3. The number of carbonyl (C=O) groups excluding carboxylic acids is 1. The molecule has 0 aliphatic rings. The molecule has 0 fully saturated rings. The molecule has 0 saturated heterocycles. The molecule has 36 heavy (non-hydrogen) atoms. The fourth-order valence-electron chi connectivity index (χ4n) is 3.69. The van der Waals surface area contributed by atoms with Crippen LogP contribution in [0.2, 0.25) is 0 Å². The van der Waals surface area contributed by atoms with Gasteiger partial charge in [0, 0.05) is 0 Å². The number of aryl methyl sites for hydroxylation is 1. The van der Waals surface area contributed by atoms with Gasteiger partial charge in [0.15, 0.2) is 23.1 Å². The van der Waals surface area contributed by atoms with E-state index in [2.05, 4.69) is 0 Å². The number of ether oxygens (including phenoxy) is 2. The Morgan fingerprint density at radius 2 is 1.56 bits per heavy atom. The van der Waals surface area contributed by atoms with E-state index in [1.54, 1.807) is 19.1 Å². The molecule has 0 aliphatic heterocycles. The maximum Gasteiger partial charge on any atom is 0.346 e. The van der Waals surface area contributed by atoms with Crippen molar-refractivity contribution in [3.63, 3.8) is 0 Å². The summed E-state index contributed by atoms with van der Waals surface area (Å²) in [5, 5.41) is 0. The molecule has 190 valence electrons. The zero-order valence-corrected chi connectivity index (χ0v) is 20.3. The second kappa shape index (κ2) is 12.9. The molecule has 3 aromatic carbocycles. The summed E-state index contributed by atoms with van der Waals surface area (Å²) < 4.78 is 65.6. The summed E-state index contributed by atoms with van der Waals surface area (Å²) in [6.07, 6.45) is 6.17. The molecule has 3 rings (SSSR count). The summed E-state index contributed by atoms with van der Waals surface area (Å²) in [7, 11) is 0. The molecule has 0 bridgehead atoms. The summed E-state index contributed by atoms with van der Waals surface area (Å²) in [5.74, 6) is -5.63. The van der Waals surface area contributed by atoms with Crippen molar-refractivity contribution in [2.75, 3.05) is 6.61 Å². The average molecular weight is 501 g/mol. The zero-order valence-electron chi connectivity index (χ0n) is 20.3. The lowest BCUT2D eigenvalue weighted by Gasteiger charge is -2.10. The largest absolute Gasteiger partial charge is 0.491 e. The van der Waals surface area contributed by atoms with Crippen LogP contribution in [0.25, 0.3) is 11.1 Å². The molecular weight excluding hydrogens is 472 g/mol. The zero-order chi connectivity index (χ0) is 26.1. The number of esters is 1. The van der Waals surface area contributed by atoms with Crippen molar-refractivity contribution < 1.29 is 31.8 Å². The van der Waals surface area contributed by atoms with Gasteiger partial charge in [-0.15, -0.1) is 0 Å². The van der Waals surface area contributed by atoms with Crippen molar-refractivity contribution >= 4 is 5.97 Å². The molecule has 0 amide bonds. The van der Waals surface area contributed by atoms with Gasteiger partial charge in [0.25, 0.3) is 0 Å². The van der Waals surface area contributed by atoms with Crippen LogP contribution < -0.4 is 9.47 Å². The first-order valence-corrected chi connectivity index (χ1v) is 11.8. The minimum Gasteiger partial charge on any atom is -0.491 e. The van der Waals surface area contributed by atoms with Crippen molar-refractivity contribution in [2.45, 2.75) is 46.0 Å². The Labute approximate surface area is 208 Å². The van der Waals surface area contributed by atoms with Gasteiger partial charge in [-0.25, -0.2) is 18.0 Å². The van der Waals surface area contributed by atoms with E-state index in [1.807, 2.05) is 24.3 Å². The fourth-order valence-corrected chi connectivity index (χ4v) is 3.69. The Hall–Kier alpha value is -3.61. The van der Waals surface area contributed by atoms with Gasteiger partial charge in [0.05, 0.1) is 18.0 Å². The lowest BCUT2D eigenvalue weighted by atomic mass is 10.0. The molecule has 0 saturated carbocycles. The second-order valence-electron chi connectivity index (χ2n) is 8.29. The number of hydrogen-bond acceptors (Lipinski definition) is 3. The van der Waals surface area contributed by atoms with Gasteiger partial charge in [-0.2, -0.15) is 4.39 Å². The van der Waals surface area contributed by atoms with E-state index in [0.717, 1.165) is 55.4 Å². The van der Waals surface area contributed by atoms with E-state index in [0.29, 0.717) is 5.56 Å². The molecule has 3 nitrogen and oxygen atoms in total. The van der Waals surface area contributed by atoms with E-state index >= 15 is 0 Å². The molecule has 0 radical (unpaired) electrons. The van der Waals surface area contributed by atoms with Crippen LogP contribution in [0.1, 0.15) is 55.5 Å². The molecule has 0 spiro atoms. The van der Waals surface area contributed by atoms with Crippen molar-refractivity contribution in [2.24, 2.45) is 0 Å². The quantitative estimate of drug-likeness (QED) is 0.115. The first kappa shape index (κ1) is 27.0. The van der Waals surface area contributed by atoms with Crippen LogP contribution in [0.3, 0.4) is 0 Å². The average Bonchev–Trinajstić information content (AvgIpc) is 2.85. The Morgan fingerprint density at radius 1 is 0.861 bits per heavy atom. The summed E-state index contributed by atoms with van der Waals surface area (Å²) in [4.78, 5) is 12.3. The third-order valence-electron chi connectivity index (χ3n) is 5.58. The van der Waals surface area contributed by atoms with Gasteiger partial charge in [0.1, 0.15) is 0 Å². The Morgan fingerprint density at radius 3 is 2.22 bits per heavy atom. The minimum atomic E-state index is -1.42. The van der Waals surface area contributed by atoms with Crippen molar-refractivity contribution in [3.8, 4) is 22.6 Å². The lowest BCUT2D eigenvalue weighted by Crippen LogP contribution is -2.13. The Bertz CT molecular complexity index is 1220. The van der Waals surface area contributed by atoms with E-state index in [1.165, 1.54) is 19.1 Å². The standard InChI is InChI=1S/C29H28F4O3/c1-3-35-26-17-15-23(27(32)28(26)33)29(34)36-25-16-14-22(18-24(25)31)21-12-10-20(11-13-21)9-7-5-4-6-8-19(2)30/h8,10-18H,3-7,9H2,1-2H3/b19-8-. The summed E-state index contributed by atoms with van der Waals surface area (Å²) in [6, 6.07) is 13.9. The number of rotatable bonds is 11. The molecule has 0 aliphatic carbocycles. The predicted octanol–water partition coefficient (Wildman–Crippen LogP) is 8.37. The van der Waals surface area contributed by atoms with Crippen LogP contribution in [0, 0.1) is 17.5 Å². The van der Waals surface area contributed by atoms with Gasteiger partial charge >= 0.3 is 5.97 Å². The van der Waals surface area contributed by atoms with Crippen LogP contribution in [-0.2, 0) is 6.42 Å². The number of benzene rings is 3. The van der Waals surface area contributed by atoms with Crippen molar-refractivity contribution in [1.82, 2.24) is 0 Å². The van der Waals surface area contributed by atoms with E-state index in [-0.39, 0.29) is 18.2 Å². The van der Waals surface area contributed by atoms with Crippen molar-refractivity contribution in [1.29, 1.82) is 0 Å². The van der Waals surface area contributed by atoms with Gasteiger partial charge in [-0.1, -0.05) is 42.8 Å². The summed E-state index contributed by atoms with van der Waals surface area (Å²) in [6.45, 7) is 3.18. The topological polar surface area (TPSA) is 35.5 Å². The van der Waals surface area contributed by atoms with Crippen molar-refractivity contribution in [3.05, 3.63) is 95.1 Å². The lowest BCUT2D eigenvalue weighted by molar-refractivity contribution is 0.0721. The number of hydrogen-bond donors (Lipinski definition) is 0. The van der Waals surface area contributed by atoms with Crippen LogP contribution in [0.5, 0.6) is 11.5 Å². The molecule has 0 unspecified atom stereocenters. The normalized spacial score (nSPS) is 11.4. The molecular formula is C29H28F4O3. The first-order valence-electron chi connectivity index (χ1n) is 11.8. The monoisotopic (exact) mass is 500 g/mol. The van der Waals surface area contributed by atoms with Gasteiger partial charge in [0.2, 0.25) is 5.82 Å². The van der Waals surface area contributed by atoms with Crippen LogP contribution >= 0.6 is 0 Å². The number of carbonyl (C=O) groups is 1. The van der Waals surface area contributed by atoms with Crippen LogP contribution in [0.15, 0.2) is 66.5 Å². The third-order valence-corrected chi connectivity index (χ3v) is 5.58. The number of unbranched alkanes of at least 4 members (excludes halogenated alkanes) is 3. The molecule has 7 heteroatoms. The predicted molar refractivity (Wildman–Crippen MR) is 131 cm³/mol. The SMILES string of the molecule is CCOc1ccc(C(=O)Oc2ccc(-c3ccc(CCCCC/C=C(/C)F)cc3)cc2F)c(F)c1F. The highest BCUT2D eigenvalue weighted by molar-refractivity contribution is 5.91. The molecule has 0 atom stereocenters. The smallest absolute Gasteiger partial charge is 0.346 e. The third kappa shape index (κ3) is 7.20. The molecule has 0 heterocycles. The highest BCUT2D eigenvalue weighted by atomic mass is 19.2. The second-order valence-corrected chi connectivity index (χ2v) is 8.29. The maximum atomic E-state index is 14.7. The van der Waals surface area contributed by atoms with E-state index in [4.69, 9.17) is 9.47 Å². The van der Waals surface area contributed by atoms with E-state index in [9.17, 15) is 22.4 Å². The number of halogens is 4. The molecule has 3 aromatic rings. The Balaban J connectivity index is 1.61. The maximum absolute atomic E-state index is 14.7. The van der Waals surface area contributed by atoms with Crippen LogP contribution in [0.4, 0.5) is 17.6 Å². The van der Waals surface area contributed by atoms with Gasteiger partial charge in [-0.3, -0.25) is 0 Å². The summed E-state index contributed by atoms with van der Waals surface area (Å²) in [5.41, 5.74) is 1.83. The number of allylic oxidation sites excluding steroid dienone is 2. The minimum absolute atomic E-state index is 0.126. The van der Waals surface area contributed by atoms with Gasteiger partial charge < -0.3 is 9.47 Å². The molecule has 0 aromatic heterocycles. The van der Waals surface area contributed by atoms with Crippen LogP contribution in [-0.4, -0.2) is 12.6 Å².